The molecule has 0 aliphatic carbocycles. The molecule has 0 unspecified atom stereocenters. The van der Waals surface area contributed by atoms with Crippen molar-refractivity contribution in [2.24, 2.45) is 0 Å². The van der Waals surface area contributed by atoms with E-state index in [0.29, 0.717) is 0 Å². The van der Waals surface area contributed by atoms with Gasteiger partial charge in [-0.2, -0.15) is 0 Å². The first-order valence-electron chi connectivity index (χ1n) is 5.51. The van der Waals surface area contributed by atoms with Crippen molar-refractivity contribution in [2.45, 2.75) is 16.7 Å². The maximum atomic E-state index is 12.3. The van der Waals surface area contributed by atoms with Gasteiger partial charge in [0.25, 0.3) is 0 Å². The van der Waals surface area contributed by atoms with E-state index in [4.69, 9.17) is 16.7 Å². The van der Waals surface area contributed by atoms with Gasteiger partial charge in [0.15, 0.2) is 19.7 Å². The number of hydrogen-bond donors (Lipinski definition) is 1. The minimum atomic E-state index is -4.13. The zero-order chi connectivity index (χ0) is 16.6. The summed E-state index contributed by atoms with van der Waals surface area (Å²) in [5, 5.41) is 8.37. The van der Waals surface area contributed by atoms with Gasteiger partial charge in [0.05, 0.1) is 21.2 Å². The average molecular weight is 353 g/mol. The van der Waals surface area contributed by atoms with Crippen molar-refractivity contribution in [3.05, 3.63) is 34.9 Å². The Morgan fingerprint density at radius 2 is 1.81 bits per heavy atom. The second kappa shape index (κ2) is 5.78. The van der Waals surface area contributed by atoms with Gasteiger partial charge >= 0.3 is 5.97 Å². The Morgan fingerprint density at radius 3 is 2.19 bits per heavy atom. The van der Waals surface area contributed by atoms with Gasteiger partial charge in [-0.15, -0.1) is 0 Å². The molecule has 1 N–H and O–H groups in total. The number of carboxylic acids is 1. The highest BCUT2D eigenvalue weighted by molar-refractivity contribution is 7.94. The molecule has 9 heteroatoms. The molecule has 0 atom stereocenters. The predicted octanol–water partition coefficient (Wildman–Crippen LogP) is 1.79. The molecule has 0 amide bonds. The summed E-state index contributed by atoms with van der Waals surface area (Å²) >= 11 is 5.83. The monoisotopic (exact) mass is 352 g/mol. The first-order chi connectivity index (χ1) is 9.38. The van der Waals surface area contributed by atoms with Crippen molar-refractivity contribution in [3.63, 3.8) is 0 Å². The third-order valence-corrected chi connectivity index (χ3v) is 6.13. The van der Waals surface area contributed by atoms with Gasteiger partial charge in [-0.1, -0.05) is 23.8 Å². The van der Waals surface area contributed by atoms with Crippen molar-refractivity contribution in [1.29, 1.82) is 0 Å². The highest BCUT2D eigenvalue weighted by atomic mass is 35.5. The molecule has 0 aliphatic rings. The lowest BCUT2D eigenvalue weighted by molar-refractivity contribution is 0.0696. The summed E-state index contributed by atoms with van der Waals surface area (Å²) in [6.45, 7) is 4.91. The minimum absolute atomic E-state index is 0.270. The molecule has 0 saturated heterocycles. The van der Waals surface area contributed by atoms with Gasteiger partial charge in [-0.05, 0) is 19.1 Å². The number of aromatic carboxylic acids is 1. The summed E-state index contributed by atoms with van der Waals surface area (Å²) in [6, 6.07) is 1.89. The molecule has 0 aliphatic heterocycles. The van der Waals surface area contributed by atoms with Crippen LogP contribution in [0.2, 0.25) is 5.02 Å². The van der Waals surface area contributed by atoms with Gasteiger partial charge < -0.3 is 5.11 Å². The van der Waals surface area contributed by atoms with E-state index in [9.17, 15) is 21.6 Å². The third-order valence-electron chi connectivity index (χ3n) is 2.44. The van der Waals surface area contributed by atoms with Gasteiger partial charge in [0.2, 0.25) is 0 Å². The molecule has 0 fully saturated rings. The molecule has 0 saturated carbocycles. The SMILES string of the molecule is C=C(C)CS(=O)(=O)c1c(S(C)(=O)=O)ccc(C(=O)O)c1Cl. The van der Waals surface area contributed by atoms with Crippen molar-refractivity contribution in [2.75, 3.05) is 12.0 Å². The first-order valence-corrected chi connectivity index (χ1v) is 9.43. The van der Waals surface area contributed by atoms with Crippen LogP contribution in [0, 0.1) is 0 Å². The number of sulfone groups is 2. The molecule has 1 rings (SSSR count). The second-order valence-electron chi connectivity index (χ2n) is 4.55. The Balaban J connectivity index is 3.87. The number of carbonyl (C=O) groups is 1. The minimum Gasteiger partial charge on any atom is -0.478 e. The van der Waals surface area contributed by atoms with Crippen LogP contribution in [0.5, 0.6) is 0 Å². The summed E-state index contributed by atoms with van der Waals surface area (Å²) in [6.07, 6.45) is 0.818. The summed E-state index contributed by atoms with van der Waals surface area (Å²) in [7, 11) is -8.04. The van der Waals surface area contributed by atoms with Crippen LogP contribution in [0.4, 0.5) is 0 Å². The maximum Gasteiger partial charge on any atom is 0.337 e. The van der Waals surface area contributed by atoms with Crippen LogP contribution < -0.4 is 0 Å². The molecule has 0 bridgehead atoms. The summed E-state index contributed by atoms with van der Waals surface area (Å²) in [4.78, 5) is 9.81. The van der Waals surface area contributed by atoms with Crippen LogP contribution in [0.15, 0.2) is 34.1 Å². The Labute approximate surface area is 127 Å². The van der Waals surface area contributed by atoms with Gasteiger partial charge in [-0.3, -0.25) is 0 Å². The van der Waals surface area contributed by atoms with Gasteiger partial charge in [-0.25, -0.2) is 21.6 Å². The van der Waals surface area contributed by atoms with Crippen LogP contribution in [0.1, 0.15) is 17.3 Å². The normalized spacial score (nSPS) is 12.1. The Bertz CT molecular complexity index is 822. The highest BCUT2D eigenvalue weighted by Gasteiger charge is 2.30. The van der Waals surface area contributed by atoms with E-state index in [1.54, 1.807) is 0 Å². The molecule has 21 heavy (non-hydrogen) atoms. The summed E-state index contributed by atoms with van der Waals surface area (Å²) in [5.41, 5.74) is -0.212. The third kappa shape index (κ3) is 3.84. The number of carboxylic acid groups (broad SMARTS) is 1. The van der Waals surface area contributed by atoms with E-state index in [-0.39, 0.29) is 5.57 Å². The van der Waals surface area contributed by atoms with Crippen LogP contribution in [0.25, 0.3) is 0 Å². The van der Waals surface area contributed by atoms with E-state index < -0.39 is 51.8 Å². The smallest absolute Gasteiger partial charge is 0.337 e. The van der Waals surface area contributed by atoms with Gasteiger partial charge in [0, 0.05) is 6.26 Å². The molecule has 0 spiro atoms. The van der Waals surface area contributed by atoms with Crippen molar-refractivity contribution in [1.82, 2.24) is 0 Å². The summed E-state index contributed by atoms with van der Waals surface area (Å²) < 4.78 is 48.1. The van der Waals surface area contributed by atoms with Crippen molar-refractivity contribution < 1.29 is 26.7 Å². The van der Waals surface area contributed by atoms with Crippen molar-refractivity contribution >= 4 is 37.2 Å². The largest absolute Gasteiger partial charge is 0.478 e. The molecule has 1 aromatic rings. The number of halogens is 1. The van der Waals surface area contributed by atoms with Crippen LogP contribution >= 0.6 is 11.6 Å². The molecule has 6 nitrogen and oxygen atoms in total. The lowest BCUT2D eigenvalue weighted by atomic mass is 10.2. The first kappa shape index (κ1) is 17.7. The number of hydrogen-bond acceptors (Lipinski definition) is 5. The molecular formula is C12H13ClO6S2. The predicted molar refractivity (Wildman–Crippen MR) is 78.4 cm³/mol. The van der Waals surface area contributed by atoms with Gasteiger partial charge in [0.1, 0.15) is 4.90 Å². The average Bonchev–Trinajstić information content (AvgIpc) is 2.24. The fourth-order valence-electron chi connectivity index (χ4n) is 1.68. The van der Waals surface area contributed by atoms with Crippen molar-refractivity contribution in [3.8, 4) is 0 Å². The molecule has 0 heterocycles. The Kier molecular flexibility index (Phi) is 4.87. The fraction of sp³-hybridized carbons (Fsp3) is 0.250. The molecule has 0 radical (unpaired) electrons. The van der Waals surface area contributed by atoms with E-state index >= 15 is 0 Å². The topological polar surface area (TPSA) is 106 Å². The van der Waals surface area contributed by atoms with E-state index in [1.165, 1.54) is 6.92 Å². The lowest BCUT2D eigenvalue weighted by Gasteiger charge is -2.13. The zero-order valence-electron chi connectivity index (χ0n) is 11.3. The fourth-order valence-corrected chi connectivity index (χ4v) is 5.48. The van der Waals surface area contributed by atoms with Crippen LogP contribution in [-0.2, 0) is 19.7 Å². The van der Waals surface area contributed by atoms with Crippen LogP contribution in [-0.4, -0.2) is 39.9 Å². The number of benzene rings is 1. The van der Waals surface area contributed by atoms with E-state index in [1.807, 2.05) is 0 Å². The molecule has 1 aromatic carbocycles. The zero-order valence-corrected chi connectivity index (χ0v) is 13.6. The Morgan fingerprint density at radius 1 is 1.29 bits per heavy atom. The second-order valence-corrected chi connectivity index (χ2v) is 8.84. The van der Waals surface area contributed by atoms with Crippen LogP contribution in [0.3, 0.4) is 0 Å². The highest BCUT2D eigenvalue weighted by Crippen LogP contribution is 2.33. The molecule has 0 aromatic heterocycles. The summed E-state index contributed by atoms with van der Waals surface area (Å²) in [5.74, 6) is -1.98. The van der Waals surface area contributed by atoms with E-state index in [0.717, 1.165) is 18.4 Å². The Hall–Kier alpha value is -1.38. The quantitative estimate of drug-likeness (QED) is 0.810. The maximum absolute atomic E-state index is 12.3. The standard InChI is InChI=1S/C12H13ClO6S2/c1-7(2)6-21(18,19)11-9(20(3,16)17)5-4-8(10(11)13)12(14)15/h4-5H,1,6H2,2-3H3,(H,14,15). The van der Waals surface area contributed by atoms with E-state index in [2.05, 4.69) is 6.58 Å². The molecule has 116 valence electrons. The molecular weight excluding hydrogens is 340 g/mol. The number of rotatable bonds is 5. The lowest BCUT2D eigenvalue weighted by Crippen LogP contribution is -2.15.